The van der Waals surface area contributed by atoms with Crippen molar-refractivity contribution >= 4 is 0 Å². The van der Waals surface area contributed by atoms with Crippen LogP contribution in [-0.2, 0) is 13.0 Å². The largest absolute Gasteiger partial charge is 0.468 e. The lowest BCUT2D eigenvalue weighted by Crippen LogP contribution is -2.32. The molecule has 1 saturated heterocycles. The van der Waals surface area contributed by atoms with E-state index in [9.17, 15) is 0 Å². The van der Waals surface area contributed by atoms with Crippen molar-refractivity contribution in [3.05, 3.63) is 35.9 Å². The molecule has 1 atom stereocenters. The van der Waals surface area contributed by atoms with Gasteiger partial charge in [0.15, 0.2) is 5.82 Å². The first-order valence-electron chi connectivity index (χ1n) is 6.95. The minimum absolute atomic E-state index is 0.334. The van der Waals surface area contributed by atoms with E-state index in [4.69, 9.17) is 8.94 Å². The molecule has 0 bridgehead atoms. The van der Waals surface area contributed by atoms with Gasteiger partial charge in [-0.3, -0.25) is 4.90 Å². The normalized spacial score (nSPS) is 20.8. The van der Waals surface area contributed by atoms with Crippen LogP contribution < -0.4 is 0 Å². The number of nitrogens with zero attached hydrogens (tertiary/aromatic N) is 3. The van der Waals surface area contributed by atoms with E-state index in [0.29, 0.717) is 18.5 Å². The molecule has 0 radical (unpaired) electrons. The van der Waals surface area contributed by atoms with Crippen LogP contribution in [0.4, 0.5) is 0 Å². The van der Waals surface area contributed by atoms with Crippen LogP contribution in [0.25, 0.3) is 0 Å². The molecule has 0 spiro atoms. The summed E-state index contributed by atoms with van der Waals surface area (Å²) in [6.45, 7) is 3.79. The fourth-order valence-corrected chi connectivity index (χ4v) is 2.66. The van der Waals surface area contributed by atoms with Gasteiger partial charge in [-0.2, -0.15) is 4.98 Å². The molecule has 1 fully saturated rings. The molecule has 1 aliphatic rings. The molecule has 5 nitrogen and oxygen atoms in total. The van der Waals surface area contributed by atoms with Gasteiger partial charge in [0.25, 0.3) is 0 Å². The quantitative estimate of drug-likeness (QED) is 0.847. The number of rotatable bonds is 4. The predicted octanol–water partition coefficient (Wildman–Crippen LogP) is 2.95. The van der Waals surface area contributed by atoms with E-state index in [0.717, 1.165) is 31.0 Å². The summed E-state index contributed by atoms with van der Waals surface area (Å²) in [5.74, 6) is 2.52. The van der Waals surface area contributed by atoms with Gasteiger partial charge in [-0.15, -0.1) is 0 Å². The van der Waals surface area contributed by atoms with Gasteiger partial charge in [0.1, 0.15) is 5.76 Å². The van der Waals surface area contributed by atoms with Crippen molar-refractivity contribution in [2.24, 2.45) is 0 Å². The number of piperidine rings is 1. The van der Waals surface area contributed by atoms with Gasteiger partial charge >= 0.3 is 0 Å². The van der Waals surface area contributed by atoms with E-state index in [1.54, 1.807) is 6.26 Å². The van der Waals surface area contributed by atoms with Gasteiger partial charge in [-0.25, -0.2) is 0 Å². The Kier molecular flexibility index (Phi) is 3.64. The Bertz CT molecular complexity index is 507. The molecule has 0 amide bonds. The molecular weight excluding hydrogens is 242 g/mol. The van der Waals surface area contributed by atoms with Gasteiger partial charge in [0, 0.05) is 6.42 Å². The summed E-state index contributed by atoms with van der Waals surface area (Å²) in [5.41, 5.74) is 0. The van der Waals surface area contributed by atoms with E-state index in [1.165, 1.54) is 12.8 Å². The van der Waals surface area contributed by atoms with Gasteiger partial charge in [0.05, 0.1) is 18.8 Å². The summed E-state index contributed by atoms with van der Waals surface area (Å²) < 4.78 is 10.8. The average molecular weight is 261 g/mol. The molecule has 5 heteroatoms. The van der Waals surface area contributed by atoms with Crippen molar-refractivity contribution in [2.45, 2.75) is 45.2 Å². The maximum atomic E-state index is 5.56. The van der Waals surface area contributed by atoms with Crippen LogP contribution in [0.2, 0.25) is 0 Å². The SMILES string of the molecule is CCc1noc(CN2CCCC[C@@H]2c2ccco2)n1. The third-order valence-corrected chi connectivity index (χ3v) is 3.65. The van der Waals surface area contributed by atoms with Crippen LogP contribution in [0.5, 0.6) is 0 Å². The van der Waals surface area contributed by atoms with E-state index in [1.807, 2.05) is 19.1 Å². The van der Waals surface area contributed by atoms with E-state index >= 15 is 0 Å². The molecule has 0 unspecified atom stereocenters. The summed E-state index contributed by atoms with van der Waals surface area (Å²) in [4.78, 5) is 6.76. The van der Waals surface area contributed by atoms with Gasteiger partial charge < -0.3 is 8.94 Å². The van der Waals surface area contributed by atoms with Crippen LogP contribution in [0.15, 0.2) is 27.3 Å². The highest BCUT2D eigenvalue weighted by atomic mass is 16.5. The second-order valence-corrected chi connectivity index (χ2v) is 4.96. The lowest BCUT2D eigenvalue weighted by atomic mass is 10.00. The van der Waals surface area contributed by atoms with E-state index < -0.39 is 0 Å². The highest BCUT2D eigenvalue weighted by Gasteiger charge is 2.27. The third-order valence-electron chi connectivity index (χ3n) is 3.65. The maximum absolute atomic E-state index is 5.56. The summed E-state index contributed by atoms with van der Waals surface area (Å²) in [7, 11) is 0. The first kappa shape index (κ1) is 12.4. The average Bonchev–Trinajstić information content (AvgIpc) is 3.10. The minimum atomic E-state index is 0.334. The first-order valence-corrected chi connectivity index (χ1v) is 6.95. The molecule has 2 aromatic heterocycles. The van der Waals surface area contributed by atoms with Crippen molar-refractivity contribution in [1.29, 1.82) is 0 Å². The summed E-state index contributed by atoms with van der Waals surface area (Å²) in [5, 5.41) is 3.95. The molecule has 1 aliphatic heterocycles. The molecule has 0 saturated carbocycles. The fraction of sp³-hybridized carbons (Fsp3) is 0.571. The Balaban J connectivity index is 1.73. The van der Waals surface area contributed by atoms with Gasteiger partial charge in [-0.05, 0) is 31.5 Å². The molecule has 3 rings (SSSR count). The van der Waals surface area contributed by atoms with Gasteiger partial charge in [0.2, 0.25) is 5.89 Å². The van der Waals surface area contributed by atoms with Crippen LogP contribution in [0, 0.1) is 0 Å². The van der Waals surface area contributed by atoms with Crippen LogP contribution in [0.1, 0.15) is 49.7 Å². The summed E-state index contributed by atoms with van der Waals surface area (Å²) in [6, 6.07) is 4.33. The van der Waals surface area contributed by atoms with Gasteiger partial charge in [-0.1, -0.05) is 18.5 Å². The monoisotopic (exact) mass is 261 g/mol. The number of hydrogen-bond donors (Lipinski definition) is 0. The molecule has 0 N–H and O–H groups in total. The van der Waals surface area contributed by atoms with E-state index in [-0.39, 0.29) is 0 Å². The predicted molar refractivity (Wildman–Crippen MR) is 69.4 cm³/mol. The molecule has 3 heterocycles. The maximum Gasteiger partial charge on any atom is 0.240 e. The molecule has 2 aromatic rings. The third kappa shape index (κ3) is 2.71. The minimum Gasteiger partial charge on any atom is -0.468 e. The number of hydrogen-bond acceptors (Lipinski definition) is 5. The second-order valence-electron chi connectivity index (χ2n) is 4.96. The number of aromatic nitrogens is 2. The van der Waals surface area contributed by atoms with Crippen molar-refractivity contribution in [1.82, 2.24) is 15.0 Å². The zero-order valence-electron chi connectivity index (χ0n) is 11.2. The number of furan rings is 1. The highest BCUT2D eigenvalue weighted by Crippen LogP contribution is 2.32. The van der Waals surface area contributed by atoms with E-state index in [2.05, 4.69) is 15.0 Å². The lowest BCUT2D eigenvalue weighted by molar-refractivity contribution is 0.108. The smallest absolute Gasteiger partial charge is 0.240 e. The zero-order chi connectivity index (χ0) is 13.1. The Labute approximate surface area is 112 Å². The molecule has 0 aliphatic carbocycles. The molecule has 19 heavy (non-hydrogen) atoms. The fourth-order valence-electron chi connectivity index (χ4n) is 2.66. The Morgan fingerprint density at radius 2 is 2.37 bits per heavy atom. The topological polar surface area (TPSA) is 55.3 Å². The lowest BCUT2D eigenvalue weighted by Gasteiger charge is -2.33. The zero-order valence-corrected chi connectivity index (χ0v) is 11.2. The van der Waals surface area contributed by atoms with Crippen molar-refractivity contribution in [2.75, 3.05) is 6.54 Å². The van der Waals surface area contributed by atoms with Crippen LogP contribution >= 0.6 is 0 Å². The van der Waals surface area contributed by atoms with Crippen molar-refractivity contribution < 1.29 is 8.94 Å². The summed E-state index contributed by atoms with van der Waals surface area (Å²) >= 11 is 0. The molecule has 102 valence electrons. The Hall–Kier alpha value is -1.62. The highest BCUT2D eigenvalue weighted by molar-refractivity contribution is 5.06. The van der Waals surface area contributed by atoms with Crippen LogP contribution in [-0.4, -0.2) is 21.6 Å². The standard InChI is InChI=1S/C14H19N3O2/c1-2-13-15-14(19-16-13)10-17-8-4-3-6-11(17)12-7-5-9-18-12/h5,7,9,11H,2-4,6,8,10H2,1H3/t11-/m1/s1. The number of likely N-dealkylation sites (tertiary alicyclic amines) is 1. The Morgan fingerprint density at radius 1 is 1.42 bits per heavy atom. The second kappa shape index (κ2) is 5.57. The van der Waals surface area contributed by atoms with Crippen molar-refractivity contribution in [3.8, 4) is 0 Å². The van der Waals surface area contributed by atoms with Crippen LogP contribution in [0.3, 0.4) is 0 Å². The summed E-state index contributed by atoms with van der Waals surface area (Å²) in [6.07, 6.45) is 6.13. The molecular formula is C14H19N3O2. The first-order chi connectivity index (χ1) is 9.36. The Morgan fingerprint density at radius 3 is 3.11 bits per heavy atom. The number of aryl methyl sites for hydroxylation is 1. The molecule has 0 aromatic carbocycles. The van der Waals surface area contributed by atoms with Crippen molar-refractivity contribution in [3.63, 3.8) is 0 Å².